The Labute approximate surface area is 97.8 Å². The van der Waals surface area contributed by atoms with E-state index in [0.717, 1.165) is 13.1 Å². The zero-order valence-corrected chi connectivity index (χ0v) is 8.86. The van der Waals surface area contributed by atoms with Crippen molar-refractivity contribution in [2.45, 2.75) is 6.18 Å². The number of hydrogen-bond donors (Lipinski definition) is 0. The van der Waals surface area contributed by atoms with E-state index in [4.69, 9.17) is 0 Å². The van der Waals surface area contributed by atoms with Gasteiger partial charge in [0.25, 0.3) is 0 Å². The van der Waals surface area contributed by atoms with E-state index in [2.05, 4.69) is 0 Å². The monoisotopic (exact) mass is 266 g/mol. The van der Waals surface area contributed by atoms with E-state index in [1.54, 1.807) is 0 Å². The molecule has 1 aromatic carbocycles. The molecule has 9 heteroatoms. The Morgan fingerprint density at radius 2 is 1.94 bits per heavy atom. The average Bonchev–Trinajstić information content (AvgIpc) is 2.26. The van der Waals surface area contributed by atoms with Crippen LogP contribution in [0, 0.1) is 15.9 Å². The summed E-state index contributed by atoms with van der Waals surface area (Å²) in [5.74, 6) is -3.40. The summed E-state index contributed by atoms with van der Waals surface area (Å²) in [6, 6.07) is 2.01. The minimum atomic E-state index is -5.11. The predicted molar refractivity (Wildman–Crippen MR) is 52.5 cm³/mol. The van der Waals surface area contributed by atoms with Crippen molar-refractivity contribution in [2.24, 2.45) is 0 Å². The first-order chi connectivity index (χ1) is 8.14. The maximum Gasteiger partial charge on any atom is 0.471 e. The van der Waals surface area contributed by atoms with Gasteiger partial charge in [-0.1, -0.05) is 0 Å². The van der Waals surface area contributed by atoms with Crippen LogP contribution in [-0.4, -0.2) is 24.1 Å². The summed E-state index contributed by atoms with van der Waals surface area (Å²) < 4.78 is 49.3. The standard InChI is InChI=1S/C9H6F4N2O3/c1-14(8(16)9(11,12)13)5-2-3-6(10)7(4-5)15(17)18/h2-4H,1H3. The van der Waals surface area contributed by atoms with Crippen molar-refractivity contribution in [1.29, 1.82) is 0 Å². The smallest absolute Gasteiger partial charge is 0.307 e. The van der Waals surface area contributed by atoms with Crippen molar-refractivity contribution in [1.82, 2.24) is 0 Å². The van der Waals surface area contributed by atoms with E-state index in [1.165, 1.54) is 0 Å². The number of benzene rings is 1. The second-order valence-corrected chi connectivity index (χ2v) is 3.25. The highest BCUT2D eigenvalue weighted by Gasteiger charge is 2.42. The minimum absolute atomic E-state index is 0.159. The van der Waals surface area contributed by atoms with E-state index in [1.807, 2.05) is 0 Å². The van der Waals surface area contributed by atoms with Crippen LogP contribution in [0.1, 0.15) is 0 Å². The maximum atomic E-state index is 13.0. The summed E-state index contributed by atoms with van der Waals surface area (Å²) in [6.45, 7) is 0. The van der Waals surface area contributed by atoms with Crippen molar-refractivity contribution >= 4 is 17.3 Å². The third-order valence-electron chi connectivity index (χ3n) is 2.06. The number of rotatable bonds is 2. The Bertz CT molecular complexity index is 501. The van der Waals surface area contributed by atoms with Gasteiger partial charge in [-0.05, 0) is 12.1 Å². The van der Waals surface area contributed by atoms with Crippen molar-refractivity contribution in [3.05, 3.63) is 34.1 Å². The van der Waals surface area contributed by atoms with Crippen molar-refractivity contribution in [3.63, 3.8) is 0 Å². The van der Waals surface area contributed by atoms with E-state index in [0.29, 0.717) is 12.1 Å². The fourth-order valence-electron chi connectivity index (χ4n) is 1.16. The maximum absolute atomic E-state index is 13.0. The van der Waals surface area contributed by atoms with Gasteiger partial charge in [0.05, 0.1) is 10.6 Å². The van der Waals surface area contributed by atoms with Gasteiger partial charge in [-0.2, -0.15) is 17.6 Å². The summed E-state index contributed by atoms with van der Waals surface area (Å²) in [5.41, 5.74) is -1.43. The normalized spacial score (nSPS) is 11.2. The lowest BCUT2D eigenvalue weighted by Crippen LogP contribution is -2.38. The van der Waals surface area contributed by atoms with Crippen LogP contribution in [-0.2, 0) is 4.79 Å². The minimum Gasteiger partial charge on any atom is -0.307 e. The predicted octanol–water partition coefficient (Wildman–Crippen LogP) is 2.26. The number of carbonyl (C=O) groups is 1. The van der Waals surface area contributed by atoms with Gasteiger partial charge >= 0.3 is 17.8 Å². The number of amides is 1. The van der Waals surface area contributed by atoms with Gasteiger partial charge in [-0.3, -0.25) is 14.9 Å². The molecule has 0 saturated carbocycles. The van der Waals surface area contributed by atoms with E-state index >= 15 is 0 Å². The van der Waals surface area contributed by atoms with E-state index in [-0.39, 0.29) is 4.90 Å². The quantitative estimate of drug-likeness (QED) is 0.468. The molecule has 18 heavy (non-hydrogen) atoms. The molecular weight excluding hydrogens is 260 g/mol. The van der Waals surface area contributed by atoms with Crippen LogP contribution in [0.3, 0.4) is 0 Å². The molecule has 0 heterocycles. The molecule has 0 spiro atoms. The lowest BCUT2D eigenvalue weighted by molar-refractivity contribution is -0.387. The first-order valence-corrected chi connectivity index (χ1v) is 4.43. The van der Waals surface area contributed by atoms with Gasteiger partial charge in [0.15, 0.2) is 0 Å². The first-order valence-electron chi connectivity index (χ1n) is 4.43. The molecule has 1 aromatic rings. The Hall–Kier alpha value is -2.19. The fourth-order valence-corrected chi connectivity index (χ4v) is 1.16. The Kier molecular flexibility index (Phi) is 3.54. The number of nitro groups is 1. The first kappa shape index (κ1) is 13.9. The molecule has 0 aromatic heterocycles. The highest BCUT2D eigenvalue weighted by molar-refractivity contribution is 5.97. The van der Waals surface area contributed by atoms with Gasteiger partial charge in [0, 0.05) is 13.1 Å². The molecule has 98 valence electrons. The van der Waals surface area contributed by atoms with Crippen LogP contribution in [0.2, 0.25) is 0 Å². The molecular formula is C9H6F4N2O3. The topological polar surface area (TPSA) is 63.5 Å². The third kappa shape index (κ3) is 2.73. The Balaban J connectivity index is 3.15. The van der Waals surface area contributed by atoms with E-state index in [9.17, 15) is 32.5 Å². The van der Waals surface area contributed by atoms with Gasteiger partial charge in [-0.15, -0.1) is 0 Å². The molecule has 5 nitrogen and oxygen atoms in total. The molecule has 0 unspecified atom stereocenters. The number of alkyl halides is 3. The van der Waals surface area contributed by atoms with E-state index < -0.39 is 34.2 Å². The fraction of sp³-hybridized carbons (Fsp3) is 0.222. The molecule has 0 fully saturated rings. The van der Waals surface area contributed by atoms with Crippen molar-refractivity contribution < 1.29 is 27.3 Å². The Morgan fingerprint density at radius 3 is 2.39 bits per heavy atom. The summed E-state index contributed by atoms with van der Waals surface area (Å²) in [6.07, 6.45) is -5.11. The molecule has 0 N–H and O–H groups in total. The van der Waals surface area contributed by atoms with Gasteiger partial charge in [0.1, 0.15) is 0 Å². The van der Waals surface area contributed by atoms with Gasteiger partial charge in [0.2, 0.25) is 5.82 Å². The molecule has 0 saturated heterocycles. The molecule has 0 atom stereocenters. The molecule has 1 rings (SSSR count). The van der Waals surface area contributed by atoms with Crippen LogP contribution in [0.25, 0.3) is 0 Å². The molecule has 1 amide bonds. The summed E-state index contributed by atoms with van der Waals surface area (Å²) >= 11 is 0. The summed E-state index contributed by atoms with van der Waals surface area (Å²) in [4.78, 5) is 20.3. The molecule has 0 aliphatic heterocycles. The average molecular weight is 266 g/mol. The largest absolute Gasteiger partial charge is 0.471 e. The lowest BCUT2D eigenvalue weighted by Gasteiger charge is -2.18. The van der Waals surface area contributed by atoms with Crippen LogP contribution in [0.4, 0.5) is 28.9 Å². The molecule has 0 aliphatic carbocycles. The van der Waals surface area contributed by atoms with Gasteiger partial charge in [-0.25, -0.2) is 0 Å². The van der Waals surface area contributed by atoms with Crippen LogP contribution < -0.4 is 4.90 Å². The highest BCUT2D eigenvalue weighted by Crippen LogP contribution is 2.27. The summed E-state index contributed by atoms with van der Waals surface area (Å²) in [7, 11) is 0.785. The zero-order chi connectivity index (χ0) is 14.1. The number of nitro benzene ring substituents is 1. The van der Waals surface area contributed by atoms with Crippen LogP contribution in [0.15, 0.2) is 18.2 Å². The van der Waals surface area contributed by atoms with Gasteiger partial charge < -0.3 is 4.90 Å². The zero-order valence-electron chi connectivity index (χ0n) is 8.86. The highest BCUT2D eigenvalue weighted by atomic mass is 19.4. The second kappa shape index (κ2) is 4.59. The van der Waals surface area contributed by atoms with Crippen molar-refractivity contribution in [2.75, 3.05) is 11.9 Å². The van der Waals surface area contributed by atoms with Crippen LogP contribution >= 0.6 is 0 Å². The number of anilines is 1. The number of halogens is 4. The number of carbonyl (C=O) groups excluding carboxylic acids is 1. The Morgan fingerprint density at radius 1 is 1.39 bits per heavy atom. The number of nitrogens with zero attached hydrogens (tertiary/aromatic N) is 2. The molecule has 0 aliphatic rings. The number of hydrogen-bond acceptors (Lipinski definition) is 3. The molecule has 0 radical (unpaired) electrons. The van der Waals surface area contributed by atoms with Crippen molar-refractivity contribution in [3.8, 4) is 0 Å². The third-order valence-corrected chi connectivity index (χ3v) is 2.06. The van der Waals surface area contributed by atoms with Crippen LogP contribution in [0.5, 0.6) is 0 Å². The summed E-state index contributed by atoms with van der Waals surface area (Å²) in [5, 5.41) is 10.4. The lowest BCUT2D eigenvalue weighted by atomic mass is 10.2. The second-order valence-electron chi connectivity index (χ2n) is 3.25. The SMILES string of the molecule is CN(C(=O)C(F)(F)F)c1ccc(F)c([N+](=O)[O-])c1. The molecule has 0 bridgehead atoms.